The van der Waals surface area contributed by atoms with Crippen LogP contribution in [0.4, 0.5) is 40.2 Å². The van der Waals surface area contributed by atoms with Gasteiger partial charge in [0.25, 0.3) is 11.8 Å². The van der Waals surface area contributed by atoms with Gasteiger partial charge in [-0.15, -0.1) is 0 Å². The molecule has 4 saturated heterocycles. The van der Waals surface area contributed by atoms with E-state index in [1.807, 2.05) is 46.2 Å². The maximum Gasteiger partial charge on any atom is 0.262 e. The highest BCUT2D eigenvalue weighted by molar-refractivity contribution is 7.92. The van der Waals surface area contributed by atoms with Crippen molar-refractivity contribution in [1.29, 1.82) is 0 Å². The molecule has 6 aliphatic rings. The predicted molar refractivity (Wildman–Crippen MR) is 258 cm³/mol. The maximum absolute atomic E-state index is 13.6. The van der Waals surface area contributed by atoms with Crippen LogP contribution in [0.1, 0.15) is 52.0 Å². The van der Waals surface area contributed by atoms with Crippen LogP contribution < -0.4 is 34.8 Å². The number of anilines is 7. The van der Waals surface area contributed by atoms with Crippen molar-refractivity contribution in [3.05, 3.63) is 83.6 Å². The Bertz CT molecular complexity index is 3050. The van der Waals surface area contributed by atoms with Crippen molar-refractivity contribution in [1.82, 2.24) is 35.0 Å². The molecule has 0 aliphatic carbocycles. The Morgan fingerprint density at radius 2 is 1.59 bits per heavy atom. The molecule has 0 saturated carbocycles. The van der Waals surface area contributed by atoms with Gasteiger partial charge >= 0.3 is 0 Å². The molecule has 2 aromatic heterocycles. The average molecular weight is 957 g/mol. The highest BCUT2D eigenvalue weighted by atomic mass is 32.2. The van der Waals surface area contributed by atoms with E-state index in [2.05, 4.69) is 36.8 Å². The minimum atomic E-state index is -3.47. The number of benzene rings is 3. The molecular weight excluding hydrogens is 905 g/mol. The van der Waals surface area contributed by atoms with Gasteiger partial charge in [-0.3, -0.25) is 43.4 Å². The summed E-state index contributed by atoms with van der Waals surface area (Å²) in [5, 5.41) is 9.73. The number of ether oxygens (including phenoxy) is 1. The fraction of sp³-hybridized carbons (Fsp3) is 0.396. The Hall–Kier alpha value is -7.26. The zero-order valence-electron chi connectivity index (χ0n) is 38.2. The van der Waals surface area contributed by atoms with Crippen LogP contribution in [0.2, 0.25) is 0 Å². The monoisotopic (exact) mass is 956 g/mol. The van der Waals surface area contributed by atoms with Gasteiger partial charge in [-0.05, 0) is 73.7 Å². The number of carbonyl (C=O) groups excluding carboxylic acids is 5. The van der Waals surface area contributed by atoms with E-state index in [0.717, 1.165) is 77.7 Å². The van der Waals surface area contributed by atoms with Crippen LogP contribution >= 0.6 is 0 Å². The van der Waals surface area contributed by atoms with Crippen LogP contribution in [0.25, 0.3) is 11.0 Å². The molecule has 11 rings (SSSR count). The second-order valence-corrected chi connectivity index (χ2v) is 20.4. The van der Waals surface area contributed by atoms with Gasteiger partial charge in [0.05, 0.1) is 52.9 Å². The van der Waals surface area contributed by atoms with E-state index < -0.39 is 39.7 Å². The number of aromatic nitrogens is 3. The quantitative estimate of drug-likeness (QED) is 0.139. The number of sulfonamides is 1. The first kappa shape index (κ1) is 44.3. The van der Waals surface area contributed by atoms with Gasteiger partial charge < -0.3 is 35.1 Å². The van der Waals surface area contributed by atoms with E-state index in [1.165, 1.54) is 10.6 Å². The summed E-state index contributed by atoms with van der Waals surface area (Å²) in [6.07, 6.45) is 5.75. The minimum Gasteiger partial charge on any atom is -0.495 e. The van der Waals surface area contributed by atoms with Crippen molar-refractivity contribution in [3.8, 4) is 5.75 Å². The Kier molecular flexibility index (Phi) is 11.1. The van der Waals surface area contributed by atoms with Gasteiger partial charge in [0, 0.05) is 95.0 Å². The number of fused-ring (bicyclic) bond motifs is 3. The van der Waals surface area contributed by atoms with Crippen LogP contribution in [0, 0.1) is 5.92 Å². The molecule has 69 heavy (non-hydrogen) atoms. The van der Waals surface area contributed by atoms with E-state index >= 15 is 0 Å². The van der Waals surface area contributed by atoms with Gasteiger partial charge in [-0.2, -0.15) is 9.97 Å². The first-order valence-corrected chi connectivity index (χ1v) is 25.2. The van der Waals surface area contributed by atoms with Gasteiger partial charge in [0.2, 0.25) is 33.7 Å². The first-order chi connectivity index (χ1) is 33.3. The van der Waals surface area contributed by atoms with Crippen molar-refractivity contribution in [3.63, 3.8) is 0 Å². The molecule has 1 atom stereocenters. The number of piperazine rings is 1. The van der Waals surface area contributed by atoms with E-state index in [0.29, 0.717) is 74.0 Å². The summed E-state index contributed by atoms with van der Waals surface area (Å²) in [4.78, 5) is 86.8. The second-order valence-electron chi connectivity index (χ2n) is 18.5. The van der Waals surface area contributed by atoms with Crippen molar-refractivity contribution in [2.45, 2.75) is 44.2 Å². The fourth-order valence-corrected chi connectivity index (χ4v) is 11.7. The zero-order chi connectivity index (χ0) is 47.7. The van der Waals surface area contributed by atoms with Gasteiger partial charge in [0.1, 0.15) is 23.3 Å². The Balaban J connectivity index is 0.670. The Morgan fingerprint density at radius 1 is 0.812 bits per heavy atom. The maximum atomic E-state index is 13.6. The Morgan fingerprint density at radius 3 is 2.35 bits per heavy atom. The number of H-pyrrole nitrogens is 1. The van der Waals surface area contributed by atoms with Crippen LogP contribution in [0.3, 0.4) is 0 Å². The molecule has 3 aromatic carbocycles. The number of piperidine rings is 2. The van der Waals surface area contributed by atoms with Crippen LogP contribution in [0.15, 0.2) is 66.9 Å². The molecule has 0 radical (unpaired) electrons. The second kappa shape index (κ2) is 17.4. The lowest BCUT2D eigenvalue weighted by molar-refractivity contribution is -0.138. The topological polar surface area (TPSA) is 226 Å². The highest BCUT2D eigenvalue weighted by Gasteiger charge is 2.46. The number of para-hydroxylation sites is 1. The number of hydrogen-bond donors (Lipinski definition) is 4. The molecular formula is C48H52N12O8S. The number of nitrogens with one attached hydrogen (secondary N) is 4. The smallest absolute Gasteiger partial charge is 0.262 e. The third-order valence-corrected chi connectivity index (χ3v) is 15.6. The van der Waals surface area contributed by atoms with Crippen molar-refractivity contribution < 1.29 is 37.1 Å². The van der Waals surface area contributed by atoms with Gasteiger partial charge in [-0.25, -0.2) is 8.42 Å². The molecule has 8 heterocycles. The Labute approximate surface area is 398 Å². The molecule has 21 heteroatoms. The fourth-order valence-electron chi connectivity index (χ4n) is 10.8. The summed E-state index contributed by atoms with van der Waals surface area (Å²) in [5.74, 6) is -0.582. The molecule has 5 aromatic rings. The molecule has 358 valence electrons. The normalized spacial score (nSPS) is 20.3. The number of amides is 5. The van der Waals surface area contributed by atoms with E-state index in [4.69, 9.17) is 14.7 Å². The molecule has 6 aliphatic heterocycles. The third-order valence-electron chi connectivity index (χ3n) is 14.4. The zero-order valence-corrected chi connectivity index (χ0v) is 39.1. The van der Waals surface area contributed by atoms with E-state index in [-0.39, 0.29) is 35.8 Å². The lowest BCUT2D eigenvalue weighted by atomic mass is 9.95. The molecule has 1 unspecified atom stereocenters. The number of aromatic amines is 1. The number of imide groups is 2. The van der Waals surface area contributed by atoms with E-state index in [9.17, 15) is 32.4 Å². The van der Waals surface area contributed by atoms with Crippen LogP contribution in [-0.4, -0.2) is 152 Å². The third kappa shape index (κ3) is 8.11. The van der Waals surface area contributed by atoms with Crippen molar-refractivity contribution in [2.24, 2.45) is 5.92 Å². The molecule has 5 amide bonds. The molecule has 4 N–H and O–H groups in total. The molecule has 0 spiro atoms. The van der Waals surface area contributed by atoms with Gasteiger partial charge in [0.15, 0.2) is 0 Å². The summed E-state index contributed by atoms with van der Waals surface area (Å²) in [5.41, 5.74) is 5.79. The number of hydrogen-bond acceptors (Lipinski definition) is 15. The number of rotatable bonds is 11. The molecule has 0 bridgehead atoms. The highest BCUT2D eigenvalue weighted by Crippen LogP contribution is 2.40. The van der Waals surface area contributed by atoms with Crippen molar-refractivity contribution in [2.75, 3.05) is 97.0 Å². The minimum absolute atomic E-state index is 0.0594. The summed E-state index contributed by atoms with van der Waals surface area (Å²) in [6.45, 7) is 6.06. The number of carbonyl (C=O) groups is 5. The summed E-state index contributed by atoms with van der Waals surface area (Å²) < 4.78 is 32.7. The summed E-state index contributed by atoms with van der Waals surface area (Å²) in [7, 11) is -1.81. The first-order valence-electron chi connectivity index (χ1n) is 23.4. The van der Waals surface area contributed by atoms with Gasteiger partial charge in [-0.1, -0.05) is 12.1 Å². The number of methoxy groups -OCH3 is 1. The molecule has 4 fully saturated rings. The average Bonchev–Trinajstić information content (AvgIpc) is 4.06. The summed E-state index contributed by atoms with van der Waals surface area (Å²) >= 11 is 0. The lowest BCUT2D eigenvalue weighted by Crippen LogP contribution is -2.59. The predicted octanol–water partition coefficient (Wildman–Crippen LogP) is 3.43. The van der Waals surface area contributed by atoms with Crippen LogP contribution in [-0.2, 0) is 30.8 Å². The lowest BCUT2D eigenvalue weighted by Gasteiger charge is -2.46. The summed E-state index contributed by atoms with van der Waals surface area (Å²) in [6, 6.07) is 18.0. The largest absolute Gasteiger partial charge is 0.495 e. The SMILES string of the molecule is COc1cc(Nc2nc(Nc3cccc4c3N(S(C)(=O)=O)CC4)c3cc[nH]c3n2)ccc1N1CCC(N2CCN(C(=O)C3CN(c4ccc5c(c4)C(=O)N(C4CCC(=O)NC4=O)C5=O)C3)CC2)CC1. The van der Waals surface area contributed by atoms with Crippen molar-refractivity contribution >= 4 is 90.8 Å². The van der Waals surface area contributed by atoms with Crippen LogP contribution in [0.5, 0.6) is 5.75 Å². The molecule has 20 nitrogen and oxygen atoms in total. The standard InChI is InChI=1S/C48H52N12O8S/c1-68-39-24-30(50-48-53-42-34(12-16-49-42)43(54-48)51-36-5-3-4-28-13-19-59(41(28)36)69(2,66)67)6-9-37(39)56-17-14-31(15-18-56)55-20-22-57(23-21-55)45(63)29-26-58(27-29)32-7-8-33-35(25-32)47(65)60(46(33)64)38-10-11-40(61)52-44(38)62/h3-9,12,16,24-25,29,31,38H,10-11,13-15,17-23,26-27H2,1-2H3,(H,52,61,62)(H3,49,50,51,53,54). The van der Waals surface area contributed by atoms with E-state index in [1.54, 1.807) is 31.5 Å². The number of nitrogens with zero attached hydrogens (tertiary/aromatic N) is 8.